The van der Waals surface area contributed by atoms with E-state index in [4.69, 9.17) is 4.52 Å². The topological polar surface area (TPSA) is 68.0 Å². The summed E-state index contributed by atoms with van der Waals surface area (Å²) in [7, 11) is 0. The van der Waals surface area contributed by atoms with Crippen LogP contribution in [0.25, 0.3) is 10.6 Å². The summed E-state index contributed by atoms with van der Waals surface area (Å²) in [5, 5.41) is 9.52. The predicted octanol–water partition coefficient (Wildman–Crippen LogP) is 4.54. The van der Waals surface area contributed by atoms with Crippen LogP contribution in [0.2, 0.25) is 0 Å². The minimum Gasteiger partial charge on any atom is -0.360 e. The summed E-state index contributed by atoms with van der Waals surface area (Å²) in [6.45, 7) is 3.93. The number of aromatic nitrogens is 2. The number of hydrogen-bond donors (Lipinski definition) is 1. The third-order valence-electron chi connectivity index (χ3n) is 3.54. The molecule has 0 radical (unpaired) electrons. The lowest BCUT2D eigenvalue weighted by molar-refractivity contribution is -0.113. The van der Waals surface area contributed by atoms with Crippen molar-refractivity contribution in [3.63, 3.8) is 0 Å². The van der Waals surface area contributed by atoms with Gasteiger partial charge in [0.05, 0.1) is 11.4 Å². The van der Waals surface area contributed by atoms with E-state index in [1.165, 1.54) is 17.3 Å². The van der Waals surface area contributed by atoms with E-state index in [2.05, 4.69) is 52.0 Å². The second-order valence-electron chi connectivity index (χ2n) is 5.56. The summed E-state index contributed by atoms with van der Waals surface area (Å²) < 4.78 is 4.92. The average Bonchev–Trinajstić information content (AvgIpc) is 3.24. The van der Waals surface area contributed by atoms with Gasteiger partial charge in [-0.2, -0.15) is 0 Å². The Hall–Kier alpha value is -2.12. The maximum absolute atomic E-state index is 11.9. The molecule has 0 spiro atoms. The molecule has 2 heterocycles. The second kappa shape index (κ2) is 8.31. The standard InChI is InChI=1S/C18H19N3O2S2/c1-3-13-4-6-14(7-5-13)18-19-15(10-25-18)9-24-11-17(22)20-16-8-12(2)23-21-16/h4-8,10H,3,9,11H2,1-2H3,(H,20,21,22). The van der Waals surface area contributed by atoms with Crippen molar-refractivity contribution in [1.82, 2.24) is 10.1 Å². The molecule has 0 saturated carbocycles. The Morgan fingerprint density at radius 1 is 1.32 bits per heavy atom. The Labute approximate surface area is 154 Å². The Balaban J connectivity index is 1.48. The van der Waals surface area contributed by atoms with Gasteiger partial charge in [-0.25, -0.2) is 4.98 Å². The summed E-state index contributed by atoms with van der Waals surface area (Å²) >= 11 is 3.16. The van der Waals surface area contributed by atoms with Crippen molar-refractivity contribution in [3.05, 3.63) is 52.7 Å². The zero-order valence-electron chi connectivity index (χ0n) is 14.1. The zero-order chi connectivity index (χ0) is 17.6. The summed E-state index contributed by atoms with van der Waals surface area (Å²) in [4.78, 5) is 16.5. The number of carbonyl (C=O) groups excluding carboxylic acids is 1. The molecule has 0 fully saturated rings. The molecule has 3 rings (SSSR count). The van der Waals surface area contributed by atoms with Gasteiger partial charge in [-0.15, -0.1) is 23.1 Å². The quantitative estimate of drug-likeness (QED) is 0.658. The van der Waals surface area contributed by atoms with E-state index in [1.807, 2.05) is 0 Å². The molecule has 0 atom stereocenters. The van der Waals surface area contributed by atoms with E-state index in [0.717, 1.165) is 22.7 Å². The van der Waals surface area contributed by atoms with E-state index in [0.29, 0.717) is 23.1 Å². The van der Waals surface area contributed by atoms with E-state index < -0.39 is 0 Å². The van der Waals surface area contributed by atoms with Crippen LogP contribution in [0.15, 0.2) is 40.2 Å². The van der Waals surface area contributed by atoms with Gasteiger partial charge in [0.15, 0.2) is 5.82 Å². The molecule has 5 nitrogen and oxygen atoms in total. The number of hydrogen-bond acceptors (Lipinski definition) is 6. The van der Waals surface area contributed by atoms with E-state index in [9.17, 15) is 4.79 Å². The maximum Gasteiger partial charge on any atom is 0.235 e. The molecule has 0 bridgehead atoms. The molecule has 7 heteroatoms. The van der Waals surface area contributed by atoms with E-state index in [1.54, 1.807) is 24.3 Å². The molecule has 0 saturated heterocycles. The van der Waals surface area contributed by atoms with Crippen molar-refractivity contribution in [1.29, 1.82) is 0 Å². The van der Waals surface area contributed by atoms with Crippen LogP contribution in [0, 0.1) is 6.92 Å². The third kappa shape index (κ3) is 4.93. The monoisotopic (exact) mass is 373 g/mol. The molecular weight excluding hydrogens is 354 g/mol. The number of aryl methyl sites for hydroxylation is 2. The minimum atomic E-state index is -0.0936. The summed E-state index contributed by atoms with van der Waals surface area (Å²) in [6, 6.07) is 10.2. The molecule has 0 aliphatic rings. The lowest BCUT2D eigenvalue weighted by atomic mass is 10.1. The highest BCUT2D eigenvalue weighted by atomic mass is 32.2. The van der Waals surface area contributed by atoms with Crippen molar-refractivity contribution in [2.24, 2.45) is 0 Å². The Kier molecular flexibility index (Phi) is 5.88. The molecule has 1 aromatic carbocycles. The highest BCUT2D eigenvalue weighted by Crippen LogP contribution is 2.26. The Bertz CT molecular complexity index is 840. The van der Waals surface area contributed by atoms with Crippen molar-refractivity contribution in [2.75, 3.05) is 11.1 Å². The van der Waals surface area contributed by atoms with Gasteiger partial charge in [0.25, 0.3) is 0 Å². The summed E-state index contributed by atoms with van der Waals surface area (Å²) in [5.41, 5.74) is 3.46. The largest absolute Gasteiger partial charge is 0.360 e. The molecule has 130 valence electrons. The summed E-state index contributed by atoms with van der Waals surface area (Å²) in [6.07, 6.45) is 1.04. The van der Waals surface area contributed by atoms with Crippen LogP contribution in [-0.4, -0.2) is 21.8 Å². The number of thioether (sulfide) groups is 1. The van der Waals surface area contributed by atoms with Crippen molar-refractivity contribution < 1.29 is 9.32 Å². The lowest BCUT2D eigenvalue weighted by Gasteiger charge is -2.00. The molecule has 25 heavy (non-hydrogen) atoms. The van der Waals surface area contributed by atoms with Crippen LogP contribution in [0.5, 0.6) is 0 Å². The number of thiazole rings is 1. The van der Waals surface area contributed by atoms with Gasteiger partial charge in [0, 0.05) is 22.8 Å². The first-order valence-corrected chi connectivity index (χ1v) is 10.0. The molecular formula is C18H19N3O2S2. The second-order valence-corrected chi connectivity index (χ2v) is 7.40. The Morgan fingerprint density at radius 3 is 2.80 bits per heavy atom. The minimum absolute atomic E-state index is 0.0936. The fraction of sp³-hybridized carbons (Fsp3) is 0.278. The van der Waals surface area contributed by atoms with Gasteiger partial charge < -0.3 is 9.84 Å². The van der Waals surface area contributed by atoms with Gasteiger partial charge in [-0.1, -0.05) is 36.3 Å². The number of nitrogens with zero attached hydrogens (tertiary/aromatic N) is 2. The smallest absolute Gasteiger partial charge is 0.235 e. The number of nitrogens with one attached hydrogen (secondary N) is 1. The predicted molar refractivity (Wildman–Crippen MR) is 103 cm³/mol. The fourth-order valence-corrected chi connectivity index (χ4v) is 3.89. The molecule has 1 N–H and O–H groups in total. The van der Waals surface area contributed by atoms with Crippen LogP contribution in [0.1, 0.15) is 23.9 Å². The molecule has 0 unspecified atom stereocenters. The SMILES string of the molecule is CCc1ccc(-c2nc(CSCC(=O)Nc3cc(C)on3)cs2)cc1. The van der Waals surface area contributed by atoms with Crippen LogP contribution < -0.4 is 5.32 Å². The van der Waals surface area contributed by atoms with Gasteiger partial charge in [-0.05, 0) is 18.9 Å². The third-order valence-corrected chi connectivity index (χ3v) is 5.45. The van der Waals surface area contributed by atoms with Crippen molar-refractivity contribution >= 4 is 34.8 Å². The molecule has 3 aromatic rings. The number of amides is 1. The van der Waals surface area contributed by atoms with E-state index >= 15 is 0 Å². The van der Waals surface area contributed by atoms with Gasteiger partial charge in [0.2, 0.25) is 5.91 Å². The van der Waals surface area contributed by atoms with E-state index in [-0.39, 0.29) is 5.91 Å². The first-order valence-electron chi connectivity index (χ1n) is 7.98. The number of anilines is 1. The lowest BCUT2D eigenvalue weighted by Crippen LogP contribution is -2.14. The Morgan fingerprint density at radius 2 is 2.12 bits per heavy atom. The van der Waals surface area contributed by atoms with Crippen molar-refractivity contribution in [2.45, 2.75) is 26.0 Å². The highest BCUT2D eigenvalue weighted by molar-refractivity contribution is 7.99. The van der Waals surface area contributed by atoms with Gasteiger partial charge >= 0.3 is 0 Å². The van der Waals surface area contributed by atoms with Crippen LogP contribution in [-0.2, 0) is 17.0 Å². The van der Waals surface area contributed by atoms with Crippen LogP contribution >= 0.6 is 23.1 Å². The molecule has 0 aliphatic carbocycles. The normalized spacial score (nSPS) is 10.8. The molecule has 0 aliphatic heterocycles. The summed E-state index contributed by atoms with van der Waals surface area (Å²) in [5.74, 6) is 2.09. The number of rotatable bonds is 7. The maximum atomic E-state index is 11.9. The van der Waals surface area contributed by atoms with Gasteiger partial charge in [0.1, 0.15) is 10.8 Å². The molecule has 1 amide bonds. The fourth-order valence-electron chi connectivity index (χ4n) is 2.24. The average molecular weight is 374 g/mol. The highest BCUT2D eigenvalue weighted by Gasteiger charge is 2.08. The first kappa shape index (κ1) is 17.7. The van der Waals surface area contributed by atoms with Crippen LogP contribution in [0.3, 0.4) is 0 Å². The van der Waals surface area contributed by atoms with Gasteiger partial charge in [-0.3, -0.25) is 4.79 Å². The number of carbonyl (C=O) groups is 1. The first-order chi connectivity index (χ1) is 12.1. The van der Waals surface area contributed by atoms with Crippen LogP contribution in [0.4, 0.5) is 5.82 Å². The molecule has 2 aromatic heterocycles. The number of benzene rings is 1. The van der Waals surface area contributed by atoms with Crippen molar-refractivity contribution in [3.8, 4) is 10.6 Å². The zero-order valence-corrected chi connectivity index (χ0v) is 15.7.